The van der Waals surface area contributed by atoms with Crippen molar-refractivity contribution >= 4 is 5.78 Å². The topological polar surface area (TPSA) is 84.6 Å². The number of aliphatic hydroxyl groups excluding tert-OH is 1. The van der Waals surface area contributed by atoms with E-state index >= 15 is 0 Å². The minimum Gasteiger partial charge on any atom is -0.509 e. The van der Waals surface area contributed by atoms with Crippen LogP contribution in [-0.2, 0) is 11.2 Å². The predicted octanol–water partition coefficient (Wildman–Crippen LogP) is 2.39. The summed E-state index contributed by atoms with van der Waals surface area (Å²) in [4.78, 5) is 17.4. The number of Topliss-reactive ketones (excluding diaryl/α,β-unsaturated/α-hetero) is 1. The van der Waals surface area contributed by atoms with Crippen molar-refractivity contribution in [3.63, 3.8) is 0 Å². The van der Waals surface area contributed by atoms with Gasteiger partial charge in [-0.3, -0.25) is 4.79 Å². The molecule has 0 radical (unpaired) electrons. The van der Waals surface area contributed by atoms with Crippen LogP contribution in [0.25, 0.3) is 0 Å². The van der Waals surface area contributed by atoms with Crippen molar-refractivity contribution in [3.05, 3.63) is 95.0 Å². The number of hydrogen-bond donors (Lipinski definition) is 2. The highest BCUT2D eigenvalue weighted by molar-refractivity contribution is 5.98. The van der Waals surface area contributed by atoms with Crippen molar-refractivity contribution < 1.29 is 19.6 Å². The van der Waals surface area contributed by atoms with E-state index in [0.717, 1.165) is 24.1 Å². The molecule has 3 atom stereocenters. The van der Waals surface area contributed by atoms with E-state index in [1.54, 1.807) is 23.1 Å². The van der Waals surface area contributed by atoms with E-state index in [-0.39, 0.29) is 35.7 Å². The Balaban J connectivity index is 1.64. The van der Waals surface area contributed by atoms with Gasteiger partial charge in [0.15, 0.2) is 5.78 Å². The maximum atomic E-state index is 13.5. The lowest BCUT2D eigenvalue weighted by Gasteiger charge is -2.35. The minimum absolute atomic E-state index is 0.0176. The summed E-state index contributed by atoms with van der Waals surface area (Å²) < 4.78 is 15.1. The SMILES string of the molecule is O=C1C[C@@H](c2ccc(F)cc2)[C@@H](n2cncn2)C(O)=C1[C@H]1[NH2+]CCc2ccccc21. The van der Waals surface area contributed by atoms with Gasteiger partial charge >= 0.3 is 0 Å². The Hall–Kier alpha value is -3.32. The molecule has 2 heterocycles. The van der Waals surface area contributed by atoms with Crippen LogP contribution in [0, 0.1) is 5.82 Å². The normalized spacial score (nSPS) is 24.0. The number of rotatable bonds is 3. The lowest BCUT2D eigenvalue weighted by Crippen LogP contribution is -2.88. The molecule has 0 unspecified atom stereocenters. The van der Waals surface area contributed by atoms with E-state index in [0.29, 0.717) is 5.57 Å². The number of fused-ring (bicyclic) bond motifs is 1. The molecule has 5 rings (SSSR count). The van der Waals surface area contributed by atoms with Gasteiger partial charge in [0, 0.05) is 24.3 Å². The van der Waals surface area contributed by atoms with Crippen molar-refractivity contribution in [3.8, 4) is 0 Å². The van der Waals surface area contributed by atoms with E-state index in [9.17, 15) is 14.3 Å². The van der Waals surface area contributed by atoms with Crippen molar-refractivity contribution in [2.75, 3.05) is 6.54 Å². The predicted molar refractivity (Wildman–Crippen MR) is 107 cm³/mol. The smallest absolute Gasteiger partial charge is 0.169 e. The van der Waals surface area contributed by atoms with Crippen LogP contribution in [0.15, 0.2) is 72.5 Å². The molecule has 3 aromatic rings. The second-order valence-electron chi connectivity index (χ2n) is 7.86. The molecule has 6 nitrogen and oxygen atoms in total. The number of carbonyl (C=O) groups excluding carboxylic acids is 1. The van der Waals surface area contributed by atoms with Crippen molar-refractivity contribution in [2.45, 2.75) is 30.8 Å². The van der Waals surface area contributed by atoms with Crippen LogP contribution in [0.2, 0.25) is 0 Å². The molecule has 152 valence electrons. The summed E-state index contributed by atoms with van der Waals surface area (Å²) in [7, 11) is 0. The summed E-state index contributed by atoms with van der Waals surface area (Å²) in [6, 6.07) is 13.3. The second-order valence-corrected chi connectivity index (χ2v) is 7.86. The first-order chi connectivity index (χ1) is 14.6. The zero-order chi connectivity index (χ0) is 20.7. The minimum atomic E-state index is -0.576. The molecule has 30 heavy (non-hydrogen) atoms. The van der Waals surface area contributed by atoms with Crippen molar-refractivity contribution in [1.82, 2.24) is 14.8 Å². The number of nitrogens with two attached hydrogens (primary N) is 1. The zero-order valence-corrected chi connectivity index (χ0v) is 16.3. The average Bonchev–Trinajstić information content (AvgIpc) is 3.28. The molecule has 7 heteroatoms. The van der Waals surface area contributed by atoms with E-state index in [1.165, 1.54) is 24.0 Å². The zero-order valence-electron chi connectivity index (χ0n) is 16.3. The van der Waals surface area contributed by atoms with Gasteiger partial charge in [0.05, 0.1) is 12.1 Å². The lowest BCUT2D eigenvalue weighted by molar-refractivity contribution is -0.690. The first-order valence-corrected chi connectivity index (χ1v) is 10.1. The van der Waals surface area contributed by atoms with Gasteiger partial charge in [0.2, 0.25) is 0 Å². The highest BCUT2D eigenvalue weighted by Gasteiger charge is 2.44. The fourth-order valence-corrected chi connectivity index (χ4v) is 4.80. The Morgan fingerprint density at radius 3 is 2.70 bits per heavy atom. The third-order valence-corrected chi connectivity index (χ3v) is 6.18. The molecule has 1 aliphatic carbocycles. The Bertz CT molecular complexity index is 1110. The average molecular weight is 405 g/mol. The number of aliphatic hydroxyl groups is 1. The van der Waals surface area contributed by atoms with Gasteiger partial charge in [-0.2, -0.15) is 5.10 Å². The summed E-state index contributed by atoms with van der Waals surface area (Å²) in [5, 5.41) is 17.8. The van der Waals surface area contributed by atoms with E-state index in [4.69, 9.17) is 0 Å². The molecule has 0 fully saturated rings. The highest BCUT2D eigenvalue weighted by Crippen LogP contribution is 2.44. The van der Waals surface area contributed by atoms with Gasteiger partial charge in [-0.25, -0.2) is 14.1 Å². The van der Waals surface area contributed by atoms with Gasteiger partial charge < -0.3 is 10.4 Å². The van der Waals surface area contributed by atoms with Gasteiger partial charge in [0.25, 0.3) is 0 Å². The van der Waals surface area contributed by atoms with Gasteiger partial charge in [-0.1, -0.05) is 36.4 Å². The van der Waals surface area contributed by atoms with Gasteiger partial charge in [0.1, 0.15) is 36.3 Å². The maximum absolute atomic E-state index is 13.5. The number of nitrogens with zero attached hydrogens (tertiary/aromatic N) is 3. The number of halogens is 1. The van der Waals surface area contributed by atoms with Crippen LogP contribution >= 0.6 is 0 Å². The Kier molecular flexibility index (Phi) is 4.67. The van der Waals surface area contributed by atoms with E-state index in [2.05, 4.69) is 21.5 Å². The summed E-state index contributed by atoms with van der Waals surface area (Å²) in [6.45, 7) is 0.848. The van der Waals surface area contributed by atoms with Crippen LogP contribution in [0.5, 0.6) is 0 Å². The van der Waals surface area contributed by atoms with Crippen LogP contribution < -0.4 is 5.32 Å². The van der Waals surface area contributed by atoms with E-state index < -0.39 is 6.04 Å². The molecule has 2 aromatic carbocycles. The van der Waals surface area contributed by atoms with Crippen LogP contribution in [-0.4, -0.2) is 32.2 Å². The summed E-state index contributed by atoms with van der Waals surface area (Å²) in [6.07, 6.45) is 4.10. The third kappa shape index (κ3) is 3.11. The fraction of sp³-hybridized carbons (Fsp3) is 0.261. The number of ketones is 1. The Morgan fingerprint density at radius 2 is 1.93 bits per heavy atom. The van der Waals surface area contributed by atoms with Crippen LogP contribution in [0.3, 0.4) is 0 Å². The number of allylic oxidation sites excluding steroid dienone is 1. The molecule has 3 N–H and O–H groups in total. The fourth-order valence-electron chi connectivity index (χ4n) is 4.80. The maximum Gasteiger partial charge on any atom is 0.169 e. The first-order valence-electron chi connectivity index (χ1n) is 10.1. The number of aromatic nitrogens is 3. The third-order valence-electron chi connectivity index (χ3n) is 6.18. The molecule has 0 amide bonds. The molecule has 2 aliphatic rings. The van der Waals surface area contributed by atoms with Crippen LogP contribution in [0.4, 0.5) is 4.39 Å². The number of quaternary nitrogens is 1. The summed E-state index contributed by atoms with van der Waals surface area (Å²) >= 11 is 0. The van der Waals surface area contributed by atoms with Crippen LogP contribution in [0.1, 0.15) is 41.1 Å². The largest absolute Gasteiger partial charge is 0.509 e. The first kappa shape index (κ1) is 18.7. The van der Waals surface area contributed by atoms with E-state index in [1.807, 2.05) is 18.2 Å². The Morgan fingerprint density at radius 1 is 1.13 bits per heavy atom. The standard InChI is InChI=1S/C23H21FN4O2/c24-16-7-5-15(6-8-16)18-11-19(29)20(23(30)22(18)28-13-25-12-27-28)21-17-4-2-1-3-14(17)9-10-26-21/h1-8,12-13,18,21-22,26,30H,9-11H2/p+1/t18-,21-,22+/m0/s1. The molecule has 1 aromatic heterocycles. The molecule has 1 aliphatic heterocycles. The van der Waals surface area contributed by atoms with Crippen molar-refractivity contribution in [1.29, 1.82) is 0 Å². The number of hydrogen-bond acceptors (Lipinski definition) is 4. The number of carbonyl (C=O) groups is 1. The molecule has 0 saturated heterocycles. The lowest BCUT2D eigenvalue weighted by atomic mass is 9.75. The van der Waals surface area contributed by atoms with Gasteiger partial charge in [-0.15, -0.1) is 0 Å². The second kappa shape index (κ2) is 7.50. The molecule has 0 spiro atoms. The Labute approximate surface area is 173 Å². The molecular weight excluding hydrogens is 383 g/mol. The quantitative estimate of drug-likeness (QED) is 0.701. The highest BCUT2D eigenvalue weighted by atomic mass is 19.1. The monoisotopic (exact) mass is 405 g/mol. The summed E-state index contributed by atoms with van der Waals surface area (Å²) in [5.74, 6) is -0.769. The number of benzene rings is 2. The van der Waals surface area contributed by atoms with Gasteiger partial charge in [-0.05, 0) is 23.3 Å². The molecular formula is C23H22FN4O2+. The van der Waals surface area contributed by atoms with Crippen molar-refractivity contribution in [2.24, 2.45) is 0 Å². The molecule has 0 bridgehead atoms. The molecule has 0 saturated carbocycles. The summed E-state index contributed by atoms with van der Waals surface area (Å²) in [5.41, 5.74) is 3.48.